The minimum Gasteiger partial charge on any atom is -0.214 e. The molecule has 0 fully saturated rings. The van der Waals surface area contributed by atoms with E-state index in [4.69, 9.17) is 0 Å². The first-order valence-electron chi connectivity index (χ1n) is 4.21. The van der Waals surface area contributed by atoms with Gasteiger partial charge < -0.3 is 0 Å². The van der Waals surface area contributed by atoms with Gasteiger partial charge in [0.15, 0.2) is 0 Å². The number of hydrogen-bond acceptors (Lipinski definition) is 2. The fourth-order valence-corrected chi connectivity index (χ4v) is 2.65. The Labute approximate surface area is 92.7 Å². The minimum absolute atomic E-state index is 0.0425. The highest BCUT2D eigenvalue weighted by Crippen LogP contribution is 2.03. The van der Waals surface area contributed by atoms with Crippen LogP contribution in [0.3, 0.4) is 0 Å². The molecule has 3 nitrogen and oxygen atoms in total. The fraction of sp³-hybridized carbons (Fsp3) is 0.333. The molecule has 78 valence electrons. The van der Waals surface area contributed by atoms with Crippen LogP contribution in [0.15, 0.2) is 30.3 Å². The average Bonchev–Trinajstić information content (AvgIpc) is 2.16. The lowest BCUT2D eigenvalue weighted by molar-refractivity contribution is 0.583. The van der Waals surface area contributed by atoms with Crippen molar-refractivity contribution < 1.29 is 8.42 Å². The van der Waals surface area contributed by atoms with Gasteiger partial charge in [-0.15, -0.1) is 0 Å². The Kier molecular flexibility index (Phi) is 4.57. The van der Waals surface area contributed by atoms with Crippen molar-refractivity contribution in [3.05, 3.63) is 35.9 Å². The van der Waals surface area contributed by atoms with Gasteiger partial charge in [0.25, 0.3) is 0 Å². The van der Waals surface area contributed by atoms with Crippen LogP contribution in [-0.4, -0.2) is 20.3 Å². The number of halogens is 1. The Bertz CT molecular complexity index is 364. The highest BCUT2D eigenvalue weighted by Gasteiger charge is 2.09. The largest absolute Gasteiger partial charge is 0.215 e. The van der Waals surface area contributed by atoms with Crippen LogP contribution in [0.25, 0.3) is 0 Å². The lowest BCUT2D eigenvalue weighted by Crippen LogP contribution is -2.26. The predicted octanol–water partition coefficient (Wildman–Crippen LogP) is 1.50. The van der Waals surface area contributed by atoms with E-state index in [1.165, 1.54) is 0 Å². The molecular formula is C9H12BrNO2S. The van der Waals surface area contributed by atoms with E-state index >= 15 is 0 Å². The van der Waals surface area contributed by atoms with Gasteiger partial charge in [0, 0.05) is 11.9 Å². The van der Waals surface area contributed by atoms with Crippen molar-refractivity contribution >= 4 is 26.0 Å². The van der Waals surface area contributed by atoms with E-state index in [2.05, 4.69) is 20.7 Å². The van der Waals surface area contributed by atoms with E-state index in [1.807, 2.05) is 18.2 Å². The van der Waals surface area contributed by atoms with Crippen molar-refractivity contribution in [1.29, 1.82) is 0 Å². The lowest BCUT2D eigenvalue weighted by atomic mass is 10.2. The van der Waals surface area contributed by atoms with Gasteiger partial charge in [0.05, 0.1) is 5.75 Å². The summed E-state index contributed by atoms with van der Waals surface area (Å²) in [6.45, 7) is 0.426. The summed E-state index contributed by atoms with van der Waals surface area (Å²) in [4.78, 5) is 0. The van der Waals surface area contributed by atoms with Crippen molar-refractivity contribution in [2.24, 2.45) is 0 Å². The number of alkyl halides is 1. The average molecular weight is 278 g/mol. The molecule has 0 bridgehead atoms. The summed E-state index contributed by atoms with van der Waals surface area (Å²) in [5, 5.41) is 0.626. The molecule has 0 spiro atoms. The van der Waals surface area contributed by atoms with E-state index in [9.17, 15) is 8.42 Å². The Balaban J connectivity index is 2.60. The molecule has 1 rings (SSSR count). The predicted molar refractivity (Wildman–Crippen MR) is 60.9 cm³/mol. The SMILES string of the molecule is O=S(=O)(Cc1ccccc1)NCCBr. The van der Waals surface area contributed by atoms with Crippen LogP contribution < -0.4 is 4.72 Å². The molecule has 0 aliphatic rings. The second kappa shape index (κ2) is 5.48. The topological polar surface area (TPSA) is 46.2 Å². The van der Waals surface area contributed by atoms with Gasteiger partial charge >= 0.3 is 0 Å². The summed E-state index contributed by atoms with van der Waals surface area (Å²) in [7, 11) is -3.18. The standard InChI is InChI=1S/C9H12BrNO2S/c10-6-7-11-14(12,13)8-9-4-2-1-3-5-9/h1-5,11H,6-8H2. The number of sulfonamides is 1. The Hall–Kier alpha value is -0.390. The van der Waals surface area contributed by atoms with E-state index in [0.29, 0.717) is 11.9 Å². The first kappa shape index (κ1) is 11.7. The molecule has 0 amide bonds. The molecule has 0 heterocycles. The van der Waals surface area contributed by atoms with Crippen LogP contribution >= 0.6 is 15.9 Å². The van der Waals surface area contributed by atoms with Gasteiger partial charge in [0.2, 0.25) is 10.0 Å². The molecule has 0 saturated heterocycles. The molecular weight excluding hydrogens is 266 g/mol. The highest BCUT2D eigenvalue weighted by molar-refractivity contribution is 9.09. The zero-order valence-corrected chi connectivity index (χ0v) is 10.0. The van der Waals surface area contributed by atoms with Crippen LogP contribution in [0, 0.1) is 0 Å². The molecule has 0 aromatic heterocycles. The lowest BCUT2D eigenvalue weighted by Gasteiger charge is -2.04. The third kappa shape index (κ3) is 4.21. The molecule has 0 aliphatic heterocycles. The summed E-state index contributed by atoms with van der Waals surface area (Å²) < 4.78 is 25.3. The molecule has 0 saturated carbocycles. The fourth-order valence-electron chi connectivity index (χ4n) is 1.04. The molecule has 0 radical (unpaired) electrons. The van der Waals surface area contributed by atoms with Crippen molar-refractivity contribution in [3.8, 4) is 0 Å². The second-order valence-corrected chi connectivity index (χ2v) is 5.43. The van der Waals surface area contributed by atoms with Crippen molar-refractivity contribution in [2.75, 3.05) is 11.9 Å². The monoisotopic (exact) mass is 277 g/mol. The van der Waals surface area contributed by atoms with E-state index in [1.54, 1.807) is 12.1 Å². The molecule has 0 aliphatic carbocycles. The molecule has 1 aromatic rings. The Morgan fingerprint density at radius 1 is 1.21 bits per heavy atom. The molecule has 0 atom stereocenters. The van der Waals surface area contributed by atoms with Gasteiger partial charge in [-0.3, -0.25) is 0 Å². The number of rotatable bonds is 5. The number of hydrogen-bond donors (Lipinski definition) is 1. The Morgan fingerprint density at radius 2 is 1.86 bits per heavy atom. The van der Waals surface area contributed by atoms with Crippen molar-refractivity contribution in [3.63, 3.8) is 0 Å². The maximum Gasteiger partial charge on any atom is 0.215 e. The number of benzene rings is 1. The maximum atomic E-state index is 11.4. The third-order valence-corrected chi connectivity index (χ3v) is 3.37. The van der Waals surface area contributed by atoms with E-state index in [0.717, 1.165) is 5.56 Å². The molecule has 5 heteroatoms. The van der Waals surface area contributed by atoms with E-state index < -0.39 is 10.0 Å². The molecule has 0 unspecified atom stereocenters. The van der Waals surface area contributed by atoms with Crippen LogP contribution in [0.2, 0.25) is 0 Å². The Morgan fingerprint density at radius 3 is 2.43 bits per heavy atom. The normalized spacial score (nSPS) is 11.5. The first-order valence-corrected chi connectivity index (χ1v) is 6.98. The van der Waals surface area contributed by atoms with Gasteiger partial charge in [-0.1, -0.05) is 46.3 Å². The van der Waals surface area contributed by atoms with Crippen LogP contribution in [0.1, 0.15) is 5.56 Å². The zero-order valence-electron chi connectivity index (χ0n) is 7.61. The van der Waals surface area contributed by atoms with Crippen LogP contribution in [-0.2, 0) is 15.8 Å². The van der Waals surface area contributed by atoms with Gasteiger partial charge in [-0.05, 0) is 5.56 Å². The first-order chi connectivity index (χ1) is 6.64. The summed E-state index contributed by atoms with van der Waals surface area (Å²) in [5.41, 5.74) is 0.801. The van der Waals surface area contributed by atoms with Gasteiger partial charge in [0.1, 0.15) is 0 Å². The summed E-state index contributed by atoms with van der Waals surface area (Å²) in [6, 6.07) is 9.12. The third-order valence-electron chi connectivity index (χ3n) is 1.62. The van der Waals surface area contributed by atoms with Gasteiger partial charge in [-0.2, -0.15) is 0 Å². The molecule has 1 N–H and O–H groups in total. The second-order valence-electron chi connectivity index (χ2n) is 2.83. The van der Waals surface area contributed by atoms with E-state index in [-0.39, 0.29) is 5.75 Å². The van der Waals surface area contributed by atoms with Crippen molar-refractivity contribution in [2.45, 2.75) is 5.75 Å². The molecule has 1 aromatic carbocycles. The van der Waals surface area contributed by atoms with Crippen LogP contribution in [0.5, 0.6) is 0 Å². The smallest absolute Gasteiger partial charge is 0.214 e. The van der Waals surface area contributed by atoms with Crippen LogP contribution in [0.4, 0.5) is 0 Å². The molecule has 14 heavy (non-hydrogen) atoms. The maximum absolute atomic E-state index is 11.4. The highest BCUT2D eigenvalue weighted by atomic mass is 79.9. The number of nitrogens with one attached hydrogen (secondary N) is 1. The summed E-state index contributed by atoms with van der Waals surface area (Å²) in [5.74, 6) is 0.0425. The minimum atomic E-state index is -3.18. The quantitative estimate of drug-likeness (QED) is 0.830. The summed E-state index contributed by atoms with van der Waals surface area (Å²) >= 11 is 3.16. The van der Waals surface area contributed by atoms with Gasteiger partial charge in [-0.25, -0.2) is 13.1 Å². The van der Waals surface area contributed by atoms with Crippen molar-refractivity contribution in [1.82, 2.24) is 4.72 Å². The zero-order chi connectivity index (χ0) is 10.4. The summed E-state index contributed by atoms with van der Waals surface area (Å²) in [6.07, 6.45) is 0.